The van der Waals surface area contributed by atoms with Crippen LogP contribution in [0.5, 0.6) is 0 Å². The van der Waals surface area contributed by atoms with Crippen LogP contribution in [0.3, 0.4) is 0 Å². The SMILES string of the molecule is CC(O)CCN(C)S(=O)(=O)c1ccccn1. The quantitative estimate of drug-likeness (QED) is 0.817. The van der Waals surface area contributed by atoms with Gasteiger partial charge in [0.15, 0.2) is 5.03 Å². The molecule has 0 bridgehead atoms. The third kappa shape index (κ3) is 3.26. The van der Waals surface area contributed by atoms with E-state index >= 15 is 0 Å². The van der Waals surface area contributed by atoms with Gasteiger partial charge in [0, 0.05) is 19.8 Å². The summed E-state index contributed by atoms with van der Waals surface area (Å²) in [5.74, 6) is 0. The second-order valence-electron chi connectivity index (χ2n) is 3.63. The van der Waals surface area contributed by atoms with Gasteiger partial charge in [-0.3, -0.25) is 0 Å². The molecule has 1 rings (SSSR count). The Labute approximate surface area is 95.8 Å². The Hall–Kier alpha value is -0.980. The van der Waals surface area contributed by atoms with Gasteiger partial charge in [-0.25, -0.2) is 13.4 Å². The minimum Gasteiger partial charge on any atom is -0.393 e. The molecule has 0 aliphatic rings. The summed E-state index contributed by atoms with van der Waals surface area (Å²) in [5, 5.41) is 9.13. The van der Waals surface area contributed by atoms with Crippen LogP contribution in [0.1, 0.15) is 13.3 Å². The van der Waals surface area contributed by atoms with Crippen LogP contribution >= 0.6 is 0 Å². The predicted octanol–water partition coefficient (Wildman–Crippen LogP) is 0.473. The highest BCUT2D eigenvalue weighted by molar-refractivity contribution is 7.89. The van der Waals surface area contributed by atoms with Crippen molar-refractivity contribution in [1.82, 2.24) is 9.29 Å². The molecule has 1 atom stereocenters. The first-order valence-corrected chi connectivity index (χ1v) is 6.44. The fourth-order valence-corrected chi connectivity index (χ4v) is 2.26. The number of hydrogen-bond acceptors (Lipinski definition) is 4. The molecule has 0 aromatic carbocycles. The van der Waals surface area contributed by atoms with Crippen molar-refractivity contribution in [3.05, 3.63) is 24.4 Å². The number of hydrogen-bond donors (Lipinski definition) is 1. The van der Waals surface area contributed by atoms with Gasteiger partial charge in [-0.1, -0.05) is 6.07 Å². The van der Waals surface area contributed by atoms with Gasteiger partial charge >= 0.3 is 0 Å². The molecule has 1 unspecified atom stereocenters. The molecule has 0 radical (unpaired) electrons. The normalized spacial score (nSPS) is 14.0. The third-order valence-electron chi connectivity index (χ3n) is 2.17. The van der Waals surface area contributed by atoms with Crippen molar-refractivity contribution >= 4 is 10.0 Å². The molecule has 0 amide bonds. The Morgan fingerprint density at radius 3 is 2.69 bits per heavy atom. The summed E-state index contributed by atoms with van der Waals surface area (Å²) in [4.78, 5) is 3.81. The molecule has 0 saturated carbocycles. The smallest absolute Gasteiger partial charge is 0.260 e. The Balaban J connectivity index is 2.79. The summed E-state index contributed by atoms with van der Waals surface area (Å²) in [6.45, 7) is 1.90. The van der Waals surface area contributed by atoms with Crippen molar-refractivity contribution in [2.45, 2.75) is 24.5 Å². The summed E-state index contributed by atoms with van der Waals surface area (Å²) in [6.07, 6.45) is 1.33. The molecule has 0 fully saturated rings. The van der Waals surface area contributed by atoms with Crippen LogP contribution in [0.25, 0.3) is 0 Å². The number of sulfonamides is 1. The van der Waals surface area contributed by atoms with Gasteiger partial charge in [-0.15, -0.1) is 0 Å². The van der Waals surface area contributed by atoms with Crippen LogP contribution in [0, 0.1) is 0 Å². The fraction of sp³-hybridized carbons (Fsp3) is 0.500. The van der Waals surface area contributed by atoms with Gasteiger partial charge in [0.05, 0.1) is 6.10 Å². The third-order valence-corrected chi connectivity index (χ3v) is 3.95. The molecule has 0 aliphatic heterocycles. The number of nitrogens with zero attached hydrogens (tertiary/aromatic N) is 2. The first-order valence-electron chi connectivity index (χ1n) is 5.00. The lowest BCUT2D eigenvalue weighted by atomic mass is 10.3. The van der Waals surface area contributed by atoms with Crippen LogP contribution in [0.2, 0.25) is 0 Å². The number of aliphatic hydroxyl groups is 1. The van der Waals surface area contributed by atoms with Gasteiger partial charge in [0.1, 0.15) is 0 Å². The van der Waals surface area contributed by atoms with Crippen molar-refractivity contribution in [3.63, 3.8) is 0 Å². The van der Waals surface area contributed by atoms with Gasteiger partial charge in [0.25, 0.3) is 10.0 Å². The number of pyridine rings is 1. The molecule has 1 N–H and O–H groups in total. The van der Waals surface area contributed by atoms with Crippen molar-refractivity contribution in [3.8, 4) is 0 Å². The molecular weight excluding hydrogens is 228 g/mol. The molecule has 0 aliphatic carbocycles. The molecule has 0 saturated heterocycles. The fourth-order valence-electron chi connectivity index (χ4n) is 1.15. The van der Waals surface area contributed by atoms with Crippen LogP contribution in [0.15, 0.2) is 29.4 Å². The zero-order chi connectivity index (χ0) is 12.2. The average molecular weight is 244 g/mol. The monoisotopic (exact) mass is 244 g/mol. The zero-order valence-corrected chi connectivity index (χ0v) is 10.2. The molecule has 1 heterocycles. The van der Waals surface area contributed by atoms with Gasteiger partial charge in [-0.2, -0.15) is 4.31 Å². The summed E-state index contributed by atoms with van der Waals surface area (Å²) < 4.78 is 25.0. The molecule has 5 nitrogen and oxygen atoms in total. The van der Waals surface area contributed by atoms with E-state index in [4.69, 9.17) is 5.11 Å². The zero-order valence-electron chi connectivity index (χ0n) is 9.37. The summed E-state index contributed by atoms with van der Waals surface area (Å²) in [6, 6.07) is 4.74. The molecular formula is C10H16N2O3S. The lowest BCUT2D eigenvalue weighted by molar-refractivity contribution is 0.177. The number of aliphatic hydroxyl groups excluding tert-OH is 1. The van der Waals surface area contributed by atoms with E-state index < -0.39 is 16.1 Å². The molecule has 0 spiro atoms. The number of rotatable bonds is 5. The maximum absolute atomic E-state index is 11.9. The highest BCUT2D eigenvalue weighted by atomic mass is 32.2. The first-order chi connectivity index (χ1) is 7.44. The van der Waals surface area contributed by atoms with Crippen molar-refractivity contribution in [2.75, 3.05) is 13.6 Å². The Morgan fingerprint density at radius 1 is 1.50 bits per heavy atom. The molecule has 1 aromatic heterocycles. The Morgan fingerprint density at radius 2 is 2.19 bits per heavy atom. The predicted molar refractivity (Wildman–Crippen MR) is 60.4 cm³/mol. The van der Waals surface area contributed by atoms with Crippen LogP contribution in [-0.4, -0.2) is 42.5 Å². The molecule has 16 heavy (non-hydrogen) atoms. The van der Waals surface area contributed by atoms with Crippen molar-refractivity contribution in [1.29, 1.82) is 0 Å². The highest BCUT2D eigenvalue weighted by Gasteiger charge is 2.21. The number of aromatic nitrogens is 1. The molecule has 6 heteroatoms. The van der Waals surface area contributed by atoms with E-state index in [1.165, 1.54) is 23.6 Å². The summed E-state index contributed by atoms with van der Waals surface area (Å²) >= 11 is 0. The largest absolute Gasteiger partial charge is 0.393 e. The average Bonchev–Trinajstić information content (AvgIpc) is 2.27. The maximum Gasteiger partial charge on any atom is 0.260 e. The van der Waals surface area contributed by atoms with E-state index in [2.05, 4.69) is 4.98 Å². The van der Waals surface area contributed by atoms with Crippen LogP contribution in [0.4, 0.5) is 0 Å². The minimum absolute atomic E-state index is 0.0306. The lowest BCUT2D eigenvalue weighted by Crippen LogP contribution is -2.30. The molecule has 1 aromatic rings. The maximum atomic E-state index is 11.9. The van der Waals surface area contributed by atoms with E-state index in [1.54, 1.807) is 19.1 Å². The second kappa shape index (κ2) is 5.38. The van der Waals surface area contributed by atoms with Crippen LogP contribution < -0.4 is 0 Å². The van der Waals surface area contributed by atoms with E-state index in [9.17, 15) is 8.42 Å². The molecule has 90 valence electrons. The second-order valence-corrected chi connectivity index (χ2v) is 5.62. The van der Waals surface area contributed by atoms with Gasteiger partial charge in [-0.05, 0) is 25.5 Å². The summed E-state index contributed by atoms with van der Waals surface area (Å²) in [7, 11) is -2.04. The lowest BCUT2D eigenvalue weighted by Gasteiger charge is -2.17. The van der Waals surface area contributed by atoms with E-state index in [1.807, 2.05) is 0 Å². The van der Waals surface area contributed by atoms with E-state index in [0.29, 0.717) is 6.42 Å². The summed E-state index contributed by atoms with van der Waals surface area (Å²) in [5.41, 5.74) is 0. The van der Waals surface area contributed by atoms with Gasteiger partial charge in [0.2, 0.25) is 0 Å². The highest BCUT2D eigenvalue weighted by Crippen LogP contribution is 2.11. The standard InChI is InChI=1S/C10H16N2O3S/c1-9(13)6-8-12(2)16(14,15)10-5-3-4-7-11-10/h3-5,7,9,13H,6,8H2,1-2H3. The van der Waals surface area contributed by atoms with Crippen molar-refractivity contribution in [2.24, 2.45) is 0 Å². The van der Waals surface area contributed by atoms with Gasteiger partial charge < -0.3 is 5.11 Å². The topological polar surface area (TPSA) is 70.5 Å². The van der Waals surface area contributed by atoms with Crippen molar-refractivity contribution < 1.29 is 13.5 Å². The Bertz CT molecular complexity index is 417. The Kier molecular flexibility index (Phi) is 4.40. The minimum atomic E-state index is -3.52. The first kappa shape index (κ1) is 13.1. The van der Waals surface area contributed by atoms with E-state index in [-0.39, 0.29) is 11.6 Å². The van der Waals surface area contributed by atoms with E-state index in [0.717, 1.165) is 0 Å². The van der Waals surface area contributed by atoms with Crippen LogP contribution in [-0.2, 0) is 10.0 Å².